The number of nitrogens with one attached hydrogen (secondary N) is 1. The number of anilines is 1. The van der Waals surface area contributed by atoms with Gasteiger partial charge < -0.3 is 10.1 Å². The molecule has 0 amide bonds. The van der Waals surface area contributed by atoms with Gasteiger partial charge in [0.1, 0.15) is 16.2 Å². The van der Waals surface area contributed by atoms with Crippen LogP contribution in [0.25, 0.3) is 0 Å². The number of rotatable bonds is 6. The van der Waals surface area contributed by atoms with E-state index >= 15 is 0 Å². The van der Waals surface area contributed by atoms with Crippen molar-refractivity contribution in [3.8, 4) is 0 Å². The summed E-state index contributed by atoms with van der Waals surface area (Å²) in [7, 11) is 0. The van der Waals surface area contributed by atoms with Crippen LogP contribution < -0.4 is 5.32 Å². The van der Waals surface area contributed by atoms with E-state index < -0.39 is 0 Å². The van der Waals surface area contributed by atoms with E-state index in [9.17, 15) is 0 Å². The monoisotopic (exact) mass is 327 g/mol. The molecule has 0 radical (unpaired) electrons. The van der Waals surface area contributed by atoms with E-state index in [0.717, 1.165) is 48.7 Å². The maximum absolute atomic E-state index is 5.72. The summed E-state index contributed by atoms with van der Waals surface area (Å²) < 4.78 is 6.57. The highest BCUT2D eigenvalue weighted by Crippen LogP contribution is 2.17. The molecule has 1 fully saturated rings. The molecule has 19 heavy (non-hydrogen) atoms. The van der Waals surface area contributed by atoms with E-state index in [1.807, 2.05) is 6.07 Å². The average Bonchev–Trinajstić information content (AvgIpc) is 2.40. The summed E-state index contributed by atoms with van der Waals surface area (Å²) >= 11 is 3.44. The Kier molecular flexibility index (Phi) is 6.04. The standard InChI is InChI=1S/C14H22BrN3O/c1-2-5-13-17-12(15)10-14(18-13)16-8-7-11-6-3-4-9-19-11/h10-11H,2-9H2,1H3,(H,16,17,18). The van der Waals surface area contributed by atoms with Crippen LogP contribution in [0, 0.1) is 0 Å². The lowest BCUT2D eigenvalue weighted by atomic mass is 10.1. The third-order valence-corrected chi connectivity index (χ3v) is 3.67. The molecule has 4 nitrogen and oxygen atoms in total. The quantitative estimate of drug-likeness (QED) is 0.811. The molecule has 0 saturated carbocycles. The Morgan fingerprint density at radius 2 is 2.32 bits per heavy atom. The molecule has 1 aromatic heterocycles. The molecule has 2 rings (SSSR count). The first kappa shape index (κ1) is 14.7. The van der Waals surface area contributed by atoms with E-state index in [1.54, 1.807) is 0 Å². The fraction of sp³-hybridized carbons (Fsp3) is 0.714. The Balaban J connectivity index is 1.81. The predicted octanol–water partition coefficient (Wildman–Crippen LogP) is 3.56. The third-order valence-electron chi connectivity index (χ3n) is 3.26. The van der Waals surface area contributed by atoms with Crippen molar-refractivity contribution < 1.29 is 4.74 Å². The second kappa shape index (κ2) is 7.80. The summed E-state index contributed by atoms with van der Waals surface area (Å²) in [5, 5.41) is 3.37. The maximum atomic E-state index is 5.72. The lowest BCUT2D eigenvalue weighted by molar-refractivity contribution is 0.0134. The summed E-state index contributed by atoms with van der Waals surface area (Å²) in [6, 6.07) is 1.93. The minimum absolute atomic E-state index is 0.418. The van der Waals surface area contributed by atoms with Crippen LogP contribution in [-0.4, -0.2) is 29.2 Å². The number of aryl methyl sites for hydroxylation is 1. The second-order valence-electron chi connectivity index (χ2n) is 4.95. The topological polar surface area (TPSA) is 47.0 Å². The molecule has 1 aliphatic rings. The second-order valence-corrected chi connectivity index (χ2v) is 5.76. The molecule has 1 aromatic rings. The molecule has 0 aromatic carbocycles. The highest BCUT2D eigenvalue weighted by atomic mass is 79.9. The number of ether oxygens (including phenoxy) is 1. The number of hydrogen-bond acceptors (Lipinski definition) is 4. The fourth-order valence-corrected chi connectivity index (χ4v) is 2.71. The summed E-state index contributed by atoms with van der Waals surface area (Å²) in [6.07, 6.45) is 7.14. The van der Waals surface area contributed by atoms with Gasteiger partial charge in [0.15, 0.2) is 0 Å². The van der Waals surface area contributed by atoms with Crippen LogP contribution in [0.1, 0.15) is 44.9 Å². The Morgan fingerprint density at radius 1 is 1.42 bits per heavy atom. The lowest BCUT2D eigenvalue weighted by Gasteiger charge is -2.22. The zero-order chi connectivity index (χ0) is 13.5. The summed E-state index contributed by atoms with van der Waals surface area (Å²) in [5.41, 5.74) is 0. The number of hydrogen-bond donors (Lipinski definition) is 1. The Bertz CT molecular complexity index is 394. The molecule has 0 spiro atoms. The number of halogens is 1. The lowest BCUT2D eigenvalue weighted by Crippen LogP contribution is -2.22. The van der Waals surface area contributed by atoms with Crippen LogP contribution >= 0.6 is 15.9 Å². The van der Waals surface area contributed by atoms with Crippen molar-refractivity contribution >= 4 is 21.7 Å². The molecule has 5 heteroatoms. The molecule has 0 aliphatic carbocycles. The van der Waals surface area contributed by atoms with Crippen LogP contribution in [-0.2, 0) is 11.2 Å². The highest BCUT2D eigenvalue weighted by molar-refractivity contribution is 9.10. The molecule has 1 unspecified atom stereocenters. The van der Waals surface area contributed by atoms with Gasteiger partial charge in [-0.25, -0.2) is 9.97 Å². The maximum Gasteiger partial charge on any atom is 0.132 e. The van der Waals surface area contributed by atoms with Gasteiger partial charge in [-0.2, -0.15) is 0 Å². The largest absolute Gasteiger partial charge is 0.378 e. The molecule has 1 aliphatic heterocycles. The van der Waals surface area contributed by atoms with E-state index in [0.29, 0.717) is 6.10 Å². The summed E-state index contributed by atoms with van der Waals surface area (Å²) in [6.45, 7) is 3.96. The van der Waals surface area contributed by atoms with Gasteiger partial charge in [-0.15, -0.1) is 0 Å². The summed E-state index contributed by atoms with van der Waals surface area (Å²) in [4.78, 5) is 8.88. The molecule has 0 bridgehead atoms. The van der Waals surface area contributed by atoms with Gasteiger partial charge in [0.25, 0.3) is 0 Å². The van der Waals surface area contributed by atoms with Gasteiger partial charge in [0.05, 0.1) is 6.10 Å². The SMILES string of the molecule is CCCc1nc(Br)cc(NCCC2CCCCO2)n1. The zero-order valence-electron chi connectivity index (χ0n) is 11.5. The smallest absolute Gasteiger partial charge is 0.132 e. The van der Waals surface area contributed by atoms with Crippen LogP contribution in [0.3, 0.4) is 0 Å². The van der Waals surface area contributed by atoms with E-state index in [4.69, 9.17) is 4.74 Å². The predicted molar refractivity (Wildman–Crippen MR) is 80.4 cm³/mol. The summed E-state index contributed by atoms with van der Waals surface area (Å²) in [5.74, 6) is 1.80. The normalized spacial score (nSPS) is 19.4. The average molecular weight is 328 g/mol. The van der Waals surface area contributed by atoms with Crippen molar-refractivity contribution in [1.29, 1.82) is 0 Å². The molecule has 1 saturated heterocycles. The van der Waals surface area contributed by atoms with Crippen molar-refractivity contribution in [2.45, 2.75) is 51.6 Å². The first-order valence-electron chi connectivity index (χ1n) is 7.17. The Morgan fingerprint density at radius 3 is 3.05 bits per heavy atom. The first-order valence-corrected chi connectivity index (χ1v) is 7.96. The van der Waals surface area contributed by atoms with E-state index in [-0.39, 0.29) is 0 Å². The van der Waals surface area contributed by atoms with Crippen molar-refractivity contribution in [3.63, 3.8) is 0 Å². The third kappa shape index (κ3) is 5.07. The van der Waals surface area contributed by atoms with Crippen LogP contribution in [0.2, 0.25) is 0 Å². The van der Waals surface area contributed by atoms with Gasteiger partial charge in [-0.3, -0.25) is 0 Å². The van der Waals surface area contributed by atoms with Crippen molar-refractivity contribution in [2.75, 3.05) is 18.5 Å². The van der Waals surface area contributed by atoms with Crippen molar-refractivity contribution in [1.82, 2.24) is 9.97 Å². The molecular formula is C14H22BrN3O. The van der Waals surface area contributed by atoms with Crippen LogP contribution in [0.4, 0.5) is 5.82 Å². The fourth-order valence-electron chi connectivity index (χ4n) is 2.29. The van der Waals surface area contributed by atoms with Crippen molar-refractivity contribution in [2.24, 2.45) is 0 Å². The molecule has 106 valence electrons. The van der Waals surface area contributed by atoms with Crippen LogP contribution in [0.5, 0.6) is 0 Å². The minimum Gasteiger partial charge on any atom is -0.378 e. The Labute approximate surface area is 123 Å². The number of nitrogens with zero attached hydrogens (tertiary/aromatic N) is 2. The van der Waals surface area contributed by atoms with E-state index in [1.165, 1.54) is 19.3 Å². The molecular weight excluding hydrogens is 306 g/mol. The highest BCUT2D eigenvalue weighted by Gasteiger charge is 2.13. The first-order chi connectivity index (χ1) is 9.28. The molecule has 2 heterocycles. The van der Waals surface area contributed by atoms with E-state index in [2.05, 4.69) is 38.1 Å². The van der Waals surface area contributed by atoms with Crippen LogP contribution in [0.15, 0.2) is 10.7 Å². The molecule has 1 atom stereocenters. The van der Waals surface area contributed by atoms with Gasteiger partial charge in [0, 0.05) is 25.6 Å². The van der Waals surface area contributed by atoms with Gasteiger partial charge >= 0.3 is 0 Å². The van der Waals surface area contributed by atoms with Crippen molar-refractivity contribution in [3.05, 3.63) is 16.5 Å². The Hall–Kier alpha value is -0.680. The van der Waals surface area contributed by atoms with Gasteiger partial charge in [-0.1, -0.05) is 6.92 Å². The molecule has 1 N–H and O–H groups in total. The van der Waals surface area contributed by atoms with Gasteiger partial charge in [0.2, 0.25) is 0 Å². The minimum atomic E-state index is 0.418. The zero-order valence-corrected chi connectivity index (χ0v) is 13.1. The van der Waals surface area contributed by atoms with Gasteiger partial charge in [-0.05, 0) is 48.0 Å². The number of aromatic nitrogens is 2.